The molecule has 0 amide bonds. The van der Waals surface area contributed by atoms with E-state index in [0.29, 0.717) is 17.6 Å². The molecule has 0 aliphatic heterocycles. The van der Waals surface area contributed by atoms with Crippen molar-refractivity contribution in [2.45, 2.75) is 60.3 Å². The van der Waals surface area contributed by atoms with Gasteiger partial charge in [0.15, 0.2) is 16.9 Å². The average molecular weight is 487 g/mol. The van der Waals surface area contributed by atoms with Crippen LogP contribution in [0, 0.1) is 5.41 Å². The molecule has 4 rings (SSSR count). The van der Waals surface area contributed by atoms with Crippen LogP contribution in [0.5, 0.6) is 17.2 Å². The summed E-state index contributed by atoms with van der Waals surface area (Å²) in [5.41, 5.74) is 5.33. The van der Waals surface area contributed by atoms with E-state index in [2.05, 4.69) is 39.0 Å². The van der Waals surface area contributed by atoms with Crippen LogP contribution < -0.4 is 5.43 Å². The highest BCUT2D eigenvalue weighted by Gasteiger charge is 2.31. The maximum atomic E-state index is 13.3. The van der Waals surface area contributed by atoms with E-state index >= 15 is 0 Å². The maximum Gasteiger partial charge on any atom is 0.197 e. The number of phenols is 3. The van der Waals surface area contributed by atoms with Crippen LogP contribution in [0.3, 0.4) is 0 Å². The Bertz CT molecular complexity index is 1480. The molecule has 5 heteroatoms. The average Bonchev–Trinajstić information content (AvgIpc) is 2.79. The lowest BCUT2D eigenvalue weighted by Gasteiger charge is -2.32. The summed E-state index contributed by atoms with van der Waals surface area (Å²) in [6, 6.07) is 5.60. The number of fused-ring (bicyclic) bond motifs is 3. The molecule has 1 atom stereocenters. The van der Waals surface area contributed by atoms with Crippen molar-refractivity contribution in [3.8, 4) is 28.6 Å². The van der Waals surface area contributed by atoms with E-state index in [1.807, 2.05) is 19.9 Å². The van der Waals surface area contributed by atoms with Gasteiger partial charge in [-0.25, -0.2) is 0 Å². The van der Waals surface area contributed by atoms with Crippen LogP contribution in [0.25, 0.3) is 28.4 Å². The quantitative estimate of drug-likeness (QED) is 0.249. The number of aromatic hydroxyl groups is 3. The summed E-state index contributed by atoms with van der Waals surface area (Å²) in [7, 11) is 0. The van der Waals surface area contributed by atoms with E-state index in [9.17, 15) is 20.1 Å². The number of allylic oxidation sites excluding steroid dienone is 5. The van der Waals surface area contributed by atoms with Gasteiger partial charge in [0.25, 0.3) is 0 Å². The topological polar surface area (TPSA) is 90.9 Å². The SMILES string of the molecule is CC(C)=CCCC1(C)C=Cc2c(c(CC=C(C)C)c(O)c3c(=O)cc(-c4ccc(O)c(O)c4)oc23)C1. The van der Waals surface area contributed by atoms with Gasteiger partial charge in [0.2, 0.25) is 0 Å². The van der Waals surface area contributed by atoms with Gasteiger partial charge >= 0.3 is 0 Å². The first-order valence-electron chi connectivity index (χ1n) is 12.3. The highest BCUT2D eigenvalue weighted by Crippen LogP contribution is 2.45. The van der Waals surface area contributed by atoms with Crippen molar-refractivity contribution < 1.29 is 19.7 Å². The van der Waals surface area contributed by atoms with E-state index < -0.39 is 0 Å². The second-order valence-corrected chi connectivity index (χ2v) is 10.6. The Kier molecular flexibility index (Phi) is 6.85. The Morgan fingerprint density at radius 2 is 1.75 bits per heavy atom. The van der Waals surface area contributed by atoms with E-state index in [1.54, 1.807) is 6.07 Å². The summed E-state index contributed by atoms with van der Waals surface area (Å²) in [5.74, 6) is -0.329. The Morgan fingerprint density at radius 3 is 2.42 bits per heavy atom. The van der Waals surface area contributed by atoms with Gasteiger partial charge in [0, 0.05) is 22.8 Å². The molecular weight excluding hydrogens is 452 g/mol. The number of rotatable bonds is 6. The summed E-state index contributed by atoms with van der Waals surface area (Å²) in [6.07, 6.45) is 11.7. The van der Waals surface area contributed by atoms with E-state index in [4.69, 9.17) is 4.42 Å². The van der Waals surface area contributed by atoms with Crippen molar-refractivity contribution in [1.29, 1.82) is 0 Å². The third-order valence-electron chi connectivity index (χ3n) is 6.88. The molecule has 0 spiro atoms. The van der Waals surface area contributed by atoms with Crippen molar-refractivity contribution >= 4 is 17.0 Å². The van der Waals surface area contributed by atoms with Gasteiger partial charge in [-0.3, -0.25) is 4.79 Å². The minimum absolute atomic E-state index is 0.0305. The van der Waals surface area contributed by atoms with Crippen molar-refractivity contribution in [2.24, 2.45) is 5.41 Å². The Balaban J connectivity index is 1.94. The molecule has 3 aromatic rings. The van der Waals surface area contributed by atoms with Crippen LogP contribution >= 0.6 is 0 Å². The zero-order valence-corrected chi connectivity index (χ0v) is 21.6. The van der Waals surface area contributed by atoms with Crippen molar-refractivity contribution in [1.82, 2.24) is 0 Å². The van der Waals surface area contributed by atoms with Gasteiger partial charge < -0.3 is 19.7 Å². The molecule has 188 valence electrons. The second kappa shape index (κ2) is 9.73. The van der Waals surface area contributed by atoms with E-state index in [0.717, 1.165) is 41.5 Å². The lowest BCUT2D eigenvalue weighted by atomic mass is 9.72. The predicted octanol–water partition coefficient (Wildman–Crippen LogP) is 7.41. The van der Waals surface area contributed by atoms with E-state index in [1.165, 1.54) is 23.8 Å². The molecule has 2 aromatic carbocycles. The lowest BCUT2D eigenvalue weighted by molar-refractivity contribution is 0.387. The molecule has 5 nitrogen and oxygen atoms in total. The van der Waals surface area contributed by atoms with Gasteiger partial charge in [-0.15, -0.1) is 0 Å². The molecule has 0 radical (unpaired) electrons. The molecule has 3 N–H and O–H groups in total. The minimum atomic E-state index is -0.358. The smallest absolute Gasteiger partial charge is 0.197 e. The molecular formula is C31H34O5. The summed E-state index contributed by atoms with van der Waals surface area (Å²) in [4.78, 5) is 13.3. The highest BCUT2D eigenvalue weighted by molar-refractivity contribution is 5.95. The second-order valence-electron chi connectivity index (χ2n) is 10.6. The van der Waals surface area contributed by atoms with E-state index in [-0.39, 0.29) is 39.2 Å². The number of phenolic OH excluding ortho intramolecular Hbond substituents is 3. The normalized spacial score (nSPS) is 16.6. The molecule has 1 heterocycles. The van der Waals surface area contributed by atoms with Crippen LogP contribution in [0.1, 0.15) is 64.2 Å². The number of hydrogen-bond acceptors (Lipinski definition) is 5. The van der Waals surface area contributed by atoms with Gasteiger partial charge in [-0.1, -0.05) is 42.4 Å². The first kappa shape index (κ1) is 25.4. The molecule has 0 fully saturated rings. The maximum absolute atomic E-state index is 13.3. The largest absolute Gasteiger partial charge is 0.507 e. The van der Waals surface area contributed by atoms with Crippen molar-refractivity contribution in [2.75, 3.05) is 0 Å². The molecule has 36 heavy (non-hydrogen) atoms. The fourth-order valence-corrected chi connectivity index (χ4v) is 4.83. The monoisotopic (exact) mass is 486 g/mol. The third-order valence-corrected chi connectivity index (χ3v) is 6.88. The van der Waals surface area contributed by atoms with Gasteiger partial charge in [-0.2, -0.15) is 0 Å². The molecule has 1 unspecified atom stereocenters. The summed E-state index contributed by atoms with van der Waals surface area (Å²) in [6.45, 7) is 10.5. The predicted molar refractivity (Wildman–Crippen MR) is 146 cm³/mol. The Morgan fingerprint density at radius 1 is 1.03 bits per heavy atom. The van der Waals surface area contributed by atoms with Crippen molar-refractivity contribution in [3.63, 3.8) is 0 Å². The third kappa shape index (κ3) is 4.97. The lowest BCUT2D eigenvalue weighted by Crippen LogP contribution is -2.22. The standard InChI is InChI=1S/C31H34O5/c1-18(2)7-6-13-31(5)14-12-22-23(17-31)21(10-8-19(3)4)29(35)28-26(34)16-27(36-30(22)28)20-9-11-24(32)25(33)15-20/h7-9,11-12,14-16,32-33,35H,6,10,13,17H2,1-5H3. The Hall–Kier alpha value is -3.73. The summed E-state index contributed by atoms with van der Waals surface area (Å²) in [5, 5.41) is 31.2. The van der Waals surface area contributed by atoms with Crippen molar-refractivity contribution in [3.05, 3.63) is 80.6 Å². The number of hydrogen-bond donors (Lipinski definition) is 3. The van der Waals surface area contributed by atoms with Gasteiger partial charge in [-0.05, 0) is 82.6 Å². The zero-order chi connectivity index (χ0) is 26.2. The molecule has 1 aliphatic carbocycles. The van der Waals surface area contributed by atoms with Crippen LogP contribution in [0.2, 0.25) is 0 Å². The van der Waals surface area contributed by atoms with Crippen LogP contribution in [-0.4, -0.2) is 15.3 Å². The van der Waals surface area contributed by atoms with Crippen LogP contribution in [0.15, 0.2) is 62.9 Å². The Labute approximate surface area is 211 Å². The minimum Gasteiger partial charge on any atom is -0.507 e. The molecule has 0 saturated carbocycles. The summed E-state index contributed by atoms with van der Waals surface area (Å²) >= 11 is 0. The van der Waals surface area contributed by atoms with Crippen LogP contribution in [-0.2, 0) is 12.8 Å². The number of benzene rings is 2. The van der Waals surface area contributed by atoms with Gasteiger partial charge in [0.05, 0.1) is 0 Å². The van der Waals surface area contributed by atoms with Crippen LogP contribution in [0.4, 0.5) is 0 Å². The molecule has 0 saturated heterocycles. The van der Waals surface area contributed by atoms with Gasteiger partial charge in [0.1, 0.15) is 22.5 Å². The fourth-order valence-electron chi connectivity index (χ4n) is 4.83. The fraction of sp³-hybridized carbons (Fsp3) is 0.323. The molecule has 0 bridgehead atoms. The first-order chi connectivity index (χ1) is 17.0. The summed E-state index contributed by atoms with van der Waals surface area (Å²) < 4.78 is 6.24. The first-order valence-corrected chi connectivity index (χ1v) is 12.3. The molecule has 1 aromatic heterocycles. The molecule has 1 aliphatic rings. The highest BCUT2D eigenvalue weighted by atomic mass is 16.3. The zero-order valence-electron chi connectivity index (χ0n) is 21.6.